The largest absolute Gasteiger partial charge is 0.387 e. The SMILES string of the molecule is C[C@H](Cc1nc(Cl)nc2c1c(F)cn2[C@@H]1O[C@H](COCP(=O)(O)O)[C@@H](O)[C@H]1O)c1ccccc1. The zero-order valence-corrected chi connectivity index (χ0v) is 19.7. The van der Waals surface area contributed by atoms with E-state index < -0.39 is 50.9 Å². The number of aromatic nitrogens is 3. The Morgan fingerprint density at radius 3 is 2.62 bits per heavy atom. The number of hydrogen-bond acceptors (Lipinski definition) is 7. The lowest BCUT2D eigenvalue weighted by Crippen LogP contribution is -2.33. The molecule has 1 aliphatic heterocycles. The molecule has 0 aliphatic carbocycles. The number of ether oxygens (including phenoxy) is 2. The molecule has 0 bridgehead atoms. The van der Waals surface area contributed by atoms with Crippen molar-refractivity contribution in [2.24, 2.45) is 0 Å². The minimum absolute atomic E-state index is 0.00353. The van der Waals surface area contributed by atoms with E-state index in [1.165, 1.54) is 4.57 Å². The normalized spacial score (nSPS) is 24.1. The van der Waals surface area contributed by atoms with Crippen LogP contribution < -0.4 is 0 Å². The van der Waals surface area contributed by atoms with E-state index in [1.54, 1.807) is 0 Å². The van der Waals surface area contributed by atoms with E-state index in [2.05, 4.69) is 9.97 Å². The Kier molecular flexibility index (Phi) is 7.37. The van der Waals surface area contributed by atoms with E-state index in [4.69, 9.17) is 30.9 Å². The average molecular weight is 516 g/mol. The first-order valence-corrected chi connectivity index (χ1v) is 12.6. The zero-order valence-electron chi connectivity index (χ0n) is 18.0. The predicted molar refractivity (Wildman–Crippen MR) is 120 cm³/mol. The summed E-state index contributed by atoms with van der Waals surface area (Å²) in [7, 11) is -4.41. The summed E-state index contributed by atoms with van der Waals surface area (Å²) in [5.41, 5.74) is 1.51. The van der Waals surface area contributed by atoms with E-state index in [-0.39, 0.29) is 22.2 Å². The van der Waals surface area contributed by atoms with Gasteiger partial charge in [-0.25, -0.2) is 9.37 Å². The van der Waals surface area contributed by atoms with Gasteiger partial charge in [0.05, 0.1) is 17.7 Å². The highest BCUT2D eigenvalue weighted by Crippen LogP contribution is 2.37. The van der Waals surface area contributed by atoms with Crippen molar-refractivity contribution in [3.05, 3.63) is 58.9 Å². The molecule has 3 aromatic rings. The van der Waals surface area contributed by atoms with E-state index in [0.717, 1.165) is 11.8 Å². The summed E-state index contributed by atoms with van der Waals surface area (Å²) >= 11 is 6.14. The van der Waals surface area contributed by atoms with Crippen molar-refractivity contribution < 1.29 is 38.4 Å². The van der Waals surface area contributed by atoms with Gasteiger partial charge >= 0.3 is 7.60 Å². The van der Waals surface area contributed by atoms with Crippen LogP contribution >= 0.6 is 19.2 Å². The molecule has 184 valence electrons. The van der Waals surface area contributed by atoms with Gasteiger partial charge < -0.3 is 34.0 Å². The van der Waals surface area contributed by atoms with Crippen molar-refractivity contribution in [3.8, 4) is 0 Å². The minimum Gasteiger partial charge on any atom is -0.387 e. The molecule has 13 heteroatoms. The molecule has 10 nitrogen and oxygen atoms in total. The van der Waals surface area contributed by atoms with Crippen LogP contribution in [0.4, 0.5) is 4.39 Å². The van der Waals surface area contributed by atoms with Crippen LogP contribution in [0.2, 0.25) is 5.28 Å². The van der Waals surface area contributed by atoms with Crippen molar-refractivity contribution >= 4 is 30.2 Å². The Morgan fingerprint density at radius 1 is 1.24 bits per heavy atom. The highest BCUT2D eigenvalue weighted by atomic mass is 35.5. The van der Waals surface area contributed by atoms with Crippen molar-refractivity contribution in [1.29, 1.82) is 0 Å². The van der Waals surface area contributed by atoms with E-state index in [9.17, 15) is 14.8 Å². The van der Waals surface area contributed by atoms with Gasteiger partial charge in [-0.3, -0.25) is 4.57 Å². The molecule has 4 N–H and O–H groups in total. The summed E-state index contributed by atoms with van der Waals surface area (Å²) < 4.78 is 37.9. The fourth-order valence-corrected chi connectivity index (χ4v) is 4.58. The van der Waals surface area contributed by atoms with Gasteiger partial charge in [0.1, 0.15) is 30.3 Å². The monoisotopic (exact) mass is 515 g/mol. The Hall–Kier alpha value is -1.95. The summed E-state index contributed by atoms with van der Waals surface area (Å²) in [6.45, 7) is 1.59. The maximum Gasteiger partial charge on any atom is 0.350 e. The van der Waals surface area contributed by atoms with Crippen LogP contribution in [-0.4, -0.2) is 65.8 Å². The molecule has 0 saturated carbocycles. The fraction of sp³-hybridized carbons (Fsp3) is 0.429. The quantitative estimate of drug-likeness (QED) is 0.262. The van der Waals surface area contributed by atoms with Gasteiger partial charge in [-0.15, -0.1) is 0 Å². The summed E-state index contributed by atoms with van der Waals surface area (Å²) in [4.78, 5) is 26.2. The van der Waals surface area contributed by atoms with Gasteiger partial charge in [0, 0.05) is 6.20 Å². The van der Waals surface area contributed by atoms with Gasteiger partial charge in [0.2, 0.25) is 5.28 Å². The first kappa shape index (κ1) is 25.2. The van der Waals surface area contributed by atoms with Crippen molar-refractivity contribution in [3.63, 3.8) is 0 Å². The van der Waals surface area contributed by atoms with Crippen LogP contribution in [-0.2, 0) is 20.5 Å². The lowest BCUT2D eigenvalue weighted by Gasteiger charge is -2.18. The first-order chi connectivity index (χ1) is 16.0. The number of halogens is 2. The first-order valence-electron chi connectivity index (χ1n) is 10.5. The highest BCUT2D eigenvalue weighted by molar-refractivity contribution is 7.51. The van der Waals surface area contributed by atoms with Gasteiger partial charge in [-0.1, -0.05) is 37.3 Å². The third-order valence-electron chi connectivity index (χ3n) is 5.69. The molecule has 0 spiro atoms. The lowest BCUT2D eigenvalue weighted by molar-refractivity contribution is -0.0612. The molecule has 1 aromatic carbocycles. The van der Waals surface area contributed by atoms with Crippen LogP contribution in [0.5, 0.6) is 0 Å². The number of aliphatic hydroxyl groups is 2. The third-order valence-corrected chi connectivity index (χ3v) is 6.38. The third kappa shape index (κ3) is 5.32. The zero-order chi connectivity index (χ0) is 24.6. The molecular formula is C21H24ClFN3O7P. The second kappa shape index (κ2) is 9.96. The van der Waals surface area contributed by atoms with Crippen LogP contribution in [0.25, 0.3) is 11.0 Å². The molecule has 0 unspecified atom stereocenters. The molecular weight excluding hydrogens is 492 g/mol. The molecule has 2 aromatic heterocycles. The van der Waals surface area contributed by atoms with E-state index >= 15 is 4.39 Å². The van der Waals surface area contributed by atoms with Gasteiger partial charge in [0.15, 0.2) is 12.0 Å². The molecule has 3 heterocycles. The Labute approximate surface area is 199 Å². The second-order valence-electron chi connectivity index (χ2n) is 8.25. The van der Waals surface area contributed by atoms with Crippen molar-refractivity contribution in [1.82, 2.24) is 14.5 Å². The predicted octanol–water partition coefficient (Wildman–Crippen LogP) is 2.34. The maximum absolute atomic E-state index is 15.1. The van der Waals surface area contributed by atoms with Crippen LogP contribution in [0.3, 0.4) is 0 Å². The Bertz CT molecular complexity index is 1210. The minimum atomic E-state index is -4.41. The number of fused-ring (bicyclic) bond motifs is 1. The summed E-state index contributed by atoms with van der Waals surface area (Å²) in [5.74, 6) is -0.641. The number of rotatable bonds is 8. The van der Waals surface area contributed by atoms with Gasteiger partial charge in [0.25, 0.3) is 0 Å². The number of aliphatic hydroxyl groups excluding tert-OH is 2. The van der Waals surface area contributed by atoms with E-state index in [1.807, 2.05) is 37.3 Å². The van der Waals surface area contributed by atoms with Crippen LogP contribution in [0, 0.1) is 5.82 Å². The van der Waals surface area contributed by atoms with Gasteiger partial charge in [-0.2, -0.15) is 4.98 Å². The molecule has 5 atom stereocenters. The topological polar surface area (TPSA) is 147 Å². The van der Waals surface area contributed by atoms with Crippen LogP contribution in [0.15, 0.2) is 36.5 Å². The summed E-state index contributed by atoms with van der Waals surface area (Å²) in [5, 5.41) is 20.9. The average Bonchev–Trinajstić information content (AvgIpc) is 3.24. The Morgan fingerprint density at radius 2 is 1.94 bits per heavy atom. The maximum atomic E-state index is 15.1. The lowest BCUT2D eigenvalue weighted by atomic mass is 9.95. The summed E-state index contributed by atoms with van der Waals surface area (Å²) in [6.07, 6.45) is -4.69. The molecule has 1 saturated heterocycles. The number of nitrogens with zero attached hydrogens (tertiary/aromatic N) is 3. The summed E-state index contributed by atoms with van der Waals surface area (Å²) in [6, 6.07) is 9.66. The molecule has 34 heavy (non-hydrogen) atoms. The standard InChI is InChI=1S/C21H24ClFN3O7P/c1-11(12-5-3-2-4-6-12)7-14-16-13(23)8-26(19(16)25-21(22)24-14)20-18(28)17(27)15(33-20)9-32-10-34(29,30)31/h2-6,8,11,15,17-18,20,27-28H,7,9-10H2,1H3,(H2,29,30,31)/t11-,15-,17-,18-,20-/m1/s1. The number of benzene rings is 1. The smallest absolute Gasteiger partial charge is 0.350 e. The number of hydrogen-bond donors (Lipinski definition) is 4. The Balaban J connectivity index is 1.62. The fourth-order valence-electron chi connectivity index (χ4n) is 4.06. The second-order valence-corrected chi connectivity index (χ2v) is 10.2. The molecule has 0 radical (unpaired) electrons. The molecule has 1 aliphatic rings. The van der Waals surface area contributed by atoms with E-state index in [0.29, 0.717) is 12.1 Å². The van der Waals surface area contributed by atoms with Crippen LogP contribution in [0.1, 0.15) is 30.3 Å². The van der Waals surface area contributed by atoms with Crippen molar-refractivity contribution in [2.75, 3.05) is 13.0 Å². The molecule has 0 amide bonds. The molecule has 1 fully saturated rings. The highest BCUT2D eigenvalue weighted by Gasteiger charge is 2.45. The molecule has 4 rings (SSSR count). The van der Waals surface area contributed by atoms with Crippen molar-refractivity contribution in [2.45, 2.75) is 43.8 Å². The van der Waals surface area contributed by atoms with Gasteiger partial charge in [-0.05, 0) is 29.5 Å².